The normalized spacial score (nSPS) is 12.3. The van der Waals surface area contributed by atoms with Gasteiger partial charge in [-0.1, -0.05) is 19.1 Å². The van der Waals surface area contributed by atoms with Crippen LogP contribution in [0.15, 0.2) is 36.7 Å². The molecule has 0 radical (unpaired) electrons. The topological polar surface area (TPSA) is 39.1 Å². The Morgan fingerprint density at radius 3 is 2.55 bits per heavy atom. The Morgan fingerprint density at radius 1 is 1.25 bits per heavy atom. The van der Waals surface area contributed by atoms with Gasteiger partial charge >= 0.3 is 0 Å². The molecule has 0 fully saturated rings. The number of nitrogens with one attached hydrogen (secondary N) is 1. The lowest BCUT2D eigenvalue weighted by Gasteiger charge is -2.18. The van der Waals surface area contributed by atoms with Gasteiger partial charge in [-0.25, -0.2) is 4.98 Å². The number of imidazole rings is 1. The first kappa shape index (κ1) is 14.6. The maximum Gasteiger partial charge on any atom is 0.119 e. The number of likely N-dealkylation sites (N-methyl/N-ethyl adjacent to an activating group) is 1. The van der Waals surface area contributed by atoms with Crippen molar-refractivity contribution in [2.24, 2.45) is 7.05 Å². The molecule has 4 heteroatoms. The van der Waals surface area contributed by atoms with E-state index in [9.17, 15) is 0 Å². The van der Waals surface area contributed by atoms with E-state index in [0.717, 1.165) is 24.5 Å². The van der Waals surface area contributed by atoms with Gasteiger partial charge in [-0.3, -0.25) is 0 Å². The minimum absolute atomic E-state index is 0.275. The van der Waals surface area contributed by atoms with Crippen molar-refractivity contribution in [3.8, 4) is 5.75 Å². The molecule has 1 atom stereocenters. The maximum atomic E-state index is 5.49. The molecule has 2 rings (SSSR count). The van der Waals surface area contributed by atoms with Gasteiger partial charge in [0.05, 0.1) is 6.61 Å². The Bertz CT molecular complexity index is 519. The first-order chi connectivity index (χ1) is 9.74. The van der Waals surface area contributed by atoms with Gasteiger partial charge in [0.25, 0.3) is 0 Å². The Balaban J connectivity index is 2.13. The quantitative estimate of drug-likeness (QED) is 0.843. The molecule has 4 nitrogen and oxygen atoms in total. The van der Waals surface area contributed by atoms with Crippen molar-refractivity contribution in [2.45, 2.75) is 26.3 Å². The molecular weight excluding hydrogens is 250 g/mol. The summed E-state index contributed by atoms with van der Waals surface area (Å²) in [6.45, 7) is 5.75. The highest BCUT2D eigenvalue weighted by atomic mass is 16.5. The molecule has 0 bridgehead atoms. The molecule has 1 unspecified atom stereocenters. The van der Waals surface area contributed by atoms with Crippen molar-refractivity contribution in [1.82, 2.24) is 14.9 Å². The Hall–Kier alpha value is -1.81. The maximum absolute atomic E-state index is 5.49. The van der Waals surface area contributed by atoms with E-state index in [2.05, 4.69) is 33.9 Å². The van der Waals surface area contributed by atoms with Crippen molar-refractivity contribution >= 4 is 0 Å². The third-order valence-electron chi connectivity index (χ3n) is 3.35. The van der Waals surface area contributed by atoms with Crippen LogP contribution in [-0.4, -0.2) is 22.7 Å². The fourth-order valence-corrected chi connectivity index (χ4v) is 2.29. The van der Waals surface area contributed by atoms with E-state index >= 15 is 0 Å². The third-order valence-corrected chi connectivity index (χ3v) is 3.35. The van der Waals surface area contributed by atoms with E-state index < -0.39 is 0 Å². The summed E-state index contributed by atoms with van der Waals surface area (Å²) >= 11 is 0. The summed E-state index contributed by atoms with van der Waals surface area (Å²) < 4.78 is 7.56. The third kappa shape index (κ3) is 3.61. The molecular formula is C16H23N3O. The van der Waals surface area contributed by atoms with Gasteiger partial charge in [-0.05, 0) is 31.2 Å². The Labute approximate surface area is 120 Å². The highest BCUT2D eigenvalue weighted by molar-refractivity contribution is 5.29. The standard InChI is InChI=1S/C16H23N3O/c1-4-17-15(12-16-18-10-11-19(16)3)13-6-8-14(9-7-13)20-5-2/h6-11,15,17H,4-5,12H2,1-3H3. The predicted molar refractivity (Wildman–Crippen MR) is 80.9 cm³/mol. The molecule has 0 aliphatic carbocycles. The molecule has 0 aliphatic heterocycles. The fraction of sp³-hybridized carbons (Fsp3) is 0.438. The molecule has 1 heterocycles. The molecule has 1 aromatic carbocycles. The number of ether oxygens (including phenoxy) is 1. The Morgan fingerprint density at radius 2 is 2.00 bits per heavy atom. The van der Waals surface area contributed by atoms with Gasteiger partial charge < -0.3 is 14.6 Å². The zero-order valence-electron chi connectivity index (χ0n) is 12.5. The van der Waals surface area contributed by atoms with Gasteiger partial charge in [0.1, 0.15) is 11.6 Å². The summed E-state index contributed by atoms with van der Waals surface area (Å²) in [6.07, 6.45) is 4.71. The fourth-order valence-electron chi connectivity index (χ4n) is 2.29. The summed E-state index contributed by atoms with van der Waals surface area (Å²) in [5.74, 6) is 2.01. The van der Waals surface area contributed by atoms with Crippen LogP contribution in [0.3, 0.4) is 0 Å². The average Bonchev–Trinajstić information content (AvgIpc) is 2.85. The van der Waals surface area contributed by atoms with Gasteiger partial charge in [-0.15, -0.1) is 0 Å². The van der Waals surface area contributed by atoms with Crippen LogP contribution in [0.5, 0.6) is 5.75 Å². The van der Waals surface area contributed by atoms with Gasteiger partial charge in [0, 0.05) is 31.9 Å². The van der Waals surface area contributed by atoms with Crippen molar-refractivity contribution in [2.75, 3.05) is 13.2 Å². The van der Waals surface area contributed by atoms with Crippen molar-refractivity contribution in [3.63, 3.8) is 0 Å². The van der Waals surface area contributed by atoms with Crippen LogP contribution in [0.2, 0.25) is 0 Å². The molecule has 20 heavy (non-hydrogen) atoms. The molecule has 0 saturated heterocycles. The summed E-state index contributed by atoms with van der Waals surface area (Å²) in [4.78, 5) is 4.41. The van der Waals surface area contributed by atoms with Gasteiger partial charge in [-0.2, -0.15) is 0 Å². The summed E-state index contributed by atoms with van der Waals surface area (Å²) in [7, 11) is 2.03. The monoisotopic (exact) mass is 273 g/mol. The van der Waals surface area contributed by atoms with E-state index in [-0.39, 0.29) is 6.04 Å². The van der Waals surface area contributed by atoms with Crippen LogP contribution in [0, 0.1) is 0 Å². The minimum atomic E-state index is 0.275. The number of hydrogen-bond acceptors (Lipinski definition) is 3. The predicted octanol–water partition coefficient (Wildman–Crippen LogP) is 2.71. The molecule has 108 valence electrons. The van der Waals surface area contributed by atoms with Gasteiger partial charge in [0.2, 0.25) is 0 Å². The minimum Gasteiger partial charge on any atom is -0.494 e. The molecule has 1 aromatic heterocycles. The lowest BCUT2D eigenvalue weighted by atomic mass is 10.0. The highest BCUT2D eigenvalue weighted by Crippen LogP contribution is 2.20. The summed E-state index contributed by atoms with van der Waals surface area (Å²) in [5, 5.41) is 3.52. The lowest BCUT2D eigenvalue weighted by molar-refractivity contribution is 0.340. The number of benzene rings is 1. The average molecular weight is 273 g/mol. The number of aromatic nitrogens is 2. The Kier molecular flexibility index (Phi) is 5.18. The van der Waals surface area contributed by atoms with E-state index in [1.54, 1.807) is 0 Å². The highest BCUT2D eigenvalue weighted by Gasteiger charge is 2.13. The first-order valence-electron chi connectivity index (χ1n) is 7.17. The lowest BCUT2D eigenvalue weighted by Crippen LogP contribution is -2.24. The molecule has 0 amide bonds. The van der Waals surface area contributed by atoms with Crippen LogP contribution in [0.25, 0.3) is 0 Å². The van der Waals surface area contributed by atoms with E-state index in [0.29, 0.717) is 6.61 Å². The zero-order valence-corrected chi connectivity index (χ0v) is 12.5. The van der Waals surface area contributed by atoms with Crippen LogP contribution in [0.4, 0.5) is 0 Å². The second-order valence-corrected chi connectivity index (χ2v) is 4.77. The molecule has 0 spiro atoms. The van der Waals surface area contributed by atoms with Crippen molar-refractivity contribution in [3.05, 3.63) is 48.0 Å². The van der Waals surface area contributed by atoms with Crippen molar-refractivity contribution in [1.29, 1.82) is 0 Å². The largest absolute Gasteiger partial charge is 0.494 e. The number of rotatable bonds is 7. The number of aryl methyl sites for hydroxylation is 1. The second kappa shape index (κ2) is 7.10. The first-order valence-corrected chi connectivity index (χ1v) is 7.17. The van der Waals surface area contributed by atoms with Crippen LogP contribution >= 0.6 is 0 Å². The molecule has 0 saturated carbocycles. The number of nitrogens with zero attached hydrogens (tertiary/aromatic N) is 2. The molecule has 1 N–H and O–H groups in total. The van der Waals surface area contributed by atoms with E-state index in [4.69, 9.17) is 4.74 Å². The second-order valence-electron chi connectivity index (χ2n) is 4.77. The molecule has 2 aromatic rings. The van der Waals surface area contributed by atoms with Gasteiger partial charge in [0.15, 0.2) is 0 Å². The van der Waals surface area contributed by atoms with Crippen LogP contribution < -0.4 is 10.1 Å². The molecule has 0 aliphatic rings. The van der Waals surface area contributed by atoms with Crippen LogP contribution in [-0.2, 0) is 13.5 Å². The van der Waals surface area contributed by atoms with Crippen molar-refractivity contribution < 1.29 is 4.74 Å². The SMILES string of the molecule is CCNC(Cc1nccn1C)c1ccc(OCC)cc1. The zero-order chi connectivity index (χ0) is 14.4. The smallest absolute Gasteiger partial charge is 0.119 e. The van der Waals surface area contributed by atoms with Crippen LogP contribution in [0.1, 0.15) is 31.3 Å². The van der Waals surface area contributed by atoms with E-state index in [1.807, 2.05) is 38.5 Å². The summed E-state index contributed by atoms with van der Waals surface area (Å²) in [5.41, 5.74) is 1.26. The summed E-state index contributed by atoms with van der Waals surface area (Å²) in [6, 6.07) is 8.59. The van der Waals surface area contributed by atoms with E-state index in [1.165, 1.54) is 5.56 Å². The number of hydrogen-bond donors (Lipinski definition) is 1.